The maximum Gasteiger partial charge on any atom is 0.129 e. The van der Waals surface area contributed by atoms with E-state index < -0.39 is 0 Å². The molecule has 2 heteroatoms. The van der Waals surface area contributed by atoms with E-state index in [2.05, 4.69) is 31.3 Å². The molecule has 0 spiro atoms. The normalized spacial score (nSPS) is 14.5. The van der Waals surface area contributed by atoms with Crippen LogP contribution < -0.4 is 5.32 Å². The number of pyridine rings is 1. The Morgan fingerprint density at radius 1 is 1.24 bits per heavy atom. The molecule has 2 nitrogen and oxygen atoms in total. The number of fused-ring (bicyclic) bond motifs is 1. The van der Waals surface area contributed by atoms with Crippen molar-refractivity contribution in [2.24, 2.45) is 0 Å². The minimum atomic E-state index is 0.652. The number of hydrogen-bond acceptors (Lipinski definition) is 2. The second-order valence-electron chi connectivity index (χ2n) is 5.05. The molecular weight excluding hydrogens is 208 g/mol. The molecule has 0 saturated carbocycles. The first kappa shape index (κ1) is 12.4. The Bertz CT molecular complexity index is 354. The molecular formula is C15H24N2. The molecule has 1 aromatic rings. The monoisotopic (exact) mass is 232 g/mol. The molecule has 0 bridgehead atoms. The first-order chi connectivity index (χ1) is 8.35. The second kappa shape index (κ2) is 6.04. The Labute approximate surface area is 105 Å². The molecule has 0 radical (unpaired) electrons. The number of rotatable bonds is 5. The fourth-order valence-corrected chi connectivity index (χ4v) is 2.71. The van der Waals surface area contributed by atoms with Gasteiger partial charge >= 0.3 is 0 Å². The summed E-state index contributed by atoms with van der Waals surface area (Å²) in [4.78, 5) is 4.84. The lowest BCUT2D eigenvalue weighted by Crippen LogP contribution is -2.15. The SMILES string of the molecule is CCCC(CCC)c1ccc2c(n1)NCCC2. The lowest BCUT2D eigenvalue weighted by molar-refractivity contribution is 0.548. The minimum Gasteiger partial charge on any atom is -0.370 e. The van der Waals surface area contributed by atoms with Crippen LogP contribution in [0, 0.1) is 0 Å². The zero-order valence-electron chi connectivity index (χ0n) is 11.1. The van der Waals surface area contributed by atoms with Crippen molar-refractivity contribution in [3.63, 3.8) is 0 Å². The Hall–Kier alpha value is -1.05. The molecule has 2 heterocycles. The van der Waals surface area contributed by atoms with E-state index in [1.165, 1.54) is 49.8 Å². The molecule has 1 aliphatic heterocycles. The van der Waals surface area contributed by atoms with Gasteiger partial charge in [0, 0.05) is 18.2 Å². The summed E-state index contributed by atoms with van der Waals surface area (Å²) < 4.78 is 0. The van der Waals surface area contributed by atoms with Crippen LogP contribution in [-0.2, 0) is 6.42 Å². The molecule has 0 atom stereocenters. The van der Waals surface area contributed by atoms with Gasteiger partial charge in [0.2, 0.25) is 0 Å². The summed E-state index contributed by atoms with van der Waals surface area (Å²) in [6, 6.07) is 4.53. The number of aryl methyl sites for hydroxylation is 1. The van der Waals surface area contributed by atoms with E-state index in [-0.39, 0.29) is 0 Å². The first-order valence-corrected chi connectivity index (χ1v) is 7.08. The van der Waals surface area contributed by atoms with Gasteiger partial charge in [-0.05, 0) is 37.3 Å². The van der Waals surface area contributed by atoms with Crippen LogP contribution in [-0.4, -0.2) is 11.5 Å². The molecule has 1 N–H and O–H groups in total. The maximum absolute atomic E-state index is 4.84. The highest BCUT2D eigenvalue weighted by Crippen LogP contribution is 2.28. The Kier molecular flexibility index (Phi) is 4.41. The summed E-state index contributed by atoms with van der Waals surface area (Å²) in [5.74, 6) is 1.80. The molecule has 0 saturated heterocycles. The van der Waals surface area contributed by atoms with Crippen molar-refractivity contribution in [2.45, 2.75) is 58.3 Å². The van der Waals surface area contributed by atoms with Crippen LogP contribution in [0.5, 0.6) is 0 Å². The first-order valence-electron chi connectivity index (χ1n) is 7.08. The van der Waals surface area contributed by atoms with Gasteiger partial charge in [0.25, 0.3) is 0 Å². The van der Waals surface area contributed by atoms with Crippen molar-refractivity contribution in [1.29, 1.82) is 0 Å². The van der Waals surface area contributed by atoms with Crippen molar-refractivity contribution < 1.29 is 0 Å². The summed E-state index contributed by atoms with van der Waals surface area (Å²) >= 11 is 0. The van der Waals surface area contributed by atoms with Gasteiger partial charge in [-0.2, -0.15) is 0 Å². The summed E-state index contributed by atoms with van der Waals surface area (Å²) in [6.07, 6.45) is 7.44. The second-order valence-corrected chi connectivity index (χ2v) is 5.05. The molecule has 17 heavy (non-hydrogen) atoms. The maximum atomic E-state index is 4.84. The van der Waals surface area contributed by atoms with Gasteiger partial charge < -0.3 is 5.32 Å². The molecule has 0 aromatic carbocycles. The Morgan fingerprint density at radius 2 is 2.00 bits per heavy atom. The molecule has 0 aliphatic carbocycles. The van der Waals surface area contributed by atoms with Crippen molar-refractivity contribution >= 4 is 5.82 Å². The predicted octanol–water partition coefficient (Wildman–Crippen LogP) is 4.12. The van der Waals surface area contributed by atoms with Crippen LogP contribution >= 0.6 is 0 Å². The summed E-state index contributed by atoms with van der Waals surface area (Å²) in [6.45, 7) is 5.61. The fourth-order valence-electron chi connectivity index (χ4n) is 2.71. The van der Waals surface area contributed by atoms with E-state index in [0.29, 0.717) is 5.92 Å². The molecule has 0 amide bonds. The van der Waals surface area contributed by atoms with Gasteiger partial charge in [-0.1, -0.05) is 32.8 Å². The summed E-state index contributed by atoms with van der Waals surface area (Å²) in [5, 5.41) is 3.43. The molecule has 1 aliphatic rings. The number of anilines is 1. The van der Waals surface area contributed by atoms with Crippen molar-refractivity contribution in [2.75, 3.05) is 11.9 Å². The highest BCUT2D eigenvalue weighted by Gasteiger charge is 2.15. The average molecular weight is 232 g/mol. The van der Waals surface area contributed by atoms with Crippen LogP contribution in [0.15, 0.2) is 12.1 Å². The lowest BCUT2D eigenvalue weighted by Gasteiger charge is -2.20. The molecule has 1 aromatic heterocycles. The lowest BCUT2D eigenvalue weighted by atomic mass is 9.93. The number of nitrogens with one attached hydrogen (secondary N) is 1. The van der Waals surface area contributed by atoms with Crippen LogP contribution in [0.3, 0.4) is 0 Å². The molecule has 2 rings (SSSR count). The summed E-state index contributed by atoms with van der Waals surface area (Å²) in [5.41, 5.74) is 2.69. The third-order valence-corrected chi connectivity index (χ3v) is 3.61. The van der Waals surface area contributed by atoms with Gasteiger partial charge in [-0.3, -0.25) is 0 Å². The molecule has 94 valence electrons. The average Bonchev–Trinajstić information content (AvgIpc) is 2.38. The fraction of sp³-hybridized carbons (Fsp3) is 0.667. The van der Waals surface area contributed by atoms with Gasteiger partial charge in [0.1, 0.15) is 5.82 Å². The van der Waals surface area contributed by atoms with Gasteiger partial charge in [-0.25, -0.2) is 4.98 Å². The number of nitrogens with zero attached hydrogens (tertiary/aromatic N) is 1. The Morgan fingerprint density at radius 3 is 2.71 bits per heavy atom. The van der Waals surface area contributed by atoms with Crippen molar-refractivity contribution in [3.05, 3.63) is 23.4 Å². The molecule has 0 unspecified atom stereocenters. The predicted molar refractivity (Wildman–Crippen MR) is 73.6 cm³/mol. The smallest absolute Gasteiger partial charge is 0.129 e. The van der Waals surface area contributed by atoms with Crippen LogP contribution in [0.2, 0.25) is 0 Å². The zero-order valence-corrected chi connectivity index (χ0v) is 11.1. The quantitative estimate of drug-likeness (QED) is 0.826. The van der Waals surface area contributed by atoms with Crippen LogP contribution in [0.1, 0.15) is 63.1 Å². The number of aromatic nitrogens is 1. The van der Waals surface area contributed by atoms with E-state index in [1.54, 1.807) is 0 Å². The highest BCUT2D eigenvalue weighted by molar-refractivity contribution is 5.47. The van der Waals surface area contributed by atoms with E-state index in [4.69, 9.17) is 4.98 Å². The van der Waals surface area contributed by atoms with Crippen molar-refractivity contribution in [1.82, 2.24) is 4.98 Å². The summed E-state index contributed by atoms with van der Waals surface area (Å²) in [7, 11) is 0. The van der Waals surface area contributed by atoms with Crippen LogP contribution in [0.4, 0.5) is 5.82 Å². The standard InChI is InChI=1S/C15H24N2/c1-3-6-12(7-4-2)14-10-9-13-8-5-11-16-15(13)17-14/h9-10,12H,3-8,11H2,1-2H3,(H,16,17). The topological polar surface area (TPSA) is 24.9 Å². The zero-order chi connectivity index (χ0) is 12.1. The van der Waals surface area contributed by atoms with Gasteiger partial charge in [0.05, 0.1) is 0 Å². The highest BCUT2D eigenvalue weighted by atomic mass is 15.0. The van der Waals surface area contributed by atoms with Crippen molar-refractivity contribution in [3.8, 4) is 0 Å². The Balaban J connectivity index is 2.18. The van der Waals surface area contributed by atoms with E-state index in [1.807, 2.05) is 0 Å². The minimum absolute atomic E-state index is 0.652. The molecule has 0 fully saturated rings. The van der Waals surface area contributed by atoms with E-state index in [9.17, 15) is 0 Å². The third-order valence-electron chi connectivity index (χ3n) is 3.61. The number of hydrogen-bond donors (Lipinski definition) is 1. The largest absolute Gasteiger partial charge is 0.370 e. The third kappa shape index (κ3) is 2.99. The van der Waals surface area contributed by atoms with E-state index >= 15 is 0 Å². The van der Waals surface area contributed by atoms with Gasteiger partial charge in [0.15, 0.2) is 0 Å². The van der Waals surface area contributed by atoms with Crippen LogP contribution in [0.25, 0.3) is 0 Å². The van der Waals surface area contributed by atoms with Gasteiger partial charge in [-0.15, -0.1) is 0 Å². The van der Waals surface area contributed by atoms with E-state index in [0.717, 1.165) is 12.4 Å².